The molecule has 1 heterocycles. The van der Waals surface area contributed by atoms with Crippen molar-refractivity contribution in [2.24, 2.45) is 0 Å². The first-order valence-corrected chi connectivity index (χ1v) is 2.94. The largest absolute Gasteiger partial charge is 0.290 e. The molecule has 1 aliphatic heterocycles. The third kappa shape index (κ3) is 1.04. The second-order valence-corrected chi connectivity index (χ2v) is 2.13. The van der Waals surface area contributed by atoms with Gasteiger partial charge in [-0.15, -0.1) is 0 Å². The van der Waals surface area contributed by atoms with Gasteiger partial charge in [0.1, 0.15) is 0 Å². The Morgan fingerprint density at radius 2 is 2.50 bits per heavy atom. The summed E-state index contributed by atoms with van der Waals surface area (Å²) in [5.74, 6) is 0. The molecule has 0 fully saturated rings. The van der Waals surface area contributed by atoms with Crippen molar-refractivity contribution in [3.8, 4) is 0 Å². The highest BCUT2D eigenvalue weighted by atomic mass is 32.1. The molecule has 3 heteroatoms. The molecule has 0 saturated carbocycles. The zero-order chi connectivity index (χ0) is 5.98. The number of hydroxylamine groups is 1. The predicted molar refractivity (Wildman–Crippen MR) is 34.7 cm³/mol. The van der Waals surface area contributed by atoms with Gasteiger partial charge in [0.15, 0.2) is 6.54 Å². The number of hydrogen-bond acceptors (Lipinski definition) is 1. The van der Waals surface area contributed by atoms with Gasteiger partial charge in [0.05, 0.1) is 0 Å². The van der Waals surface area contributed by atoms with E-state index < -0.39 is 0 Å². The van der Waals surface area contributed by atoms with Crippen molar-refractivity contribution in [2.75, 3.05) is 6.54 Å². The lowest BCUT2D eigenvalue weighted by molar-refractivity contribution is -0.772. The summed E-state index contributed by atoms with van der Waals surface area (Å²) in [7, 11) is 0. The standard InChI is InChI=1S/C5H7NOS/c7-6-4-2-1-3-5(6)8/h1,3,7H,2,4H2/p+1. The fourth-order valence-electron chi connectivity index (χ4n) is 0.586. The average Bonchev–Trinajstić information content (AvgIpc) is 1.77. The van der Waals surface area contributed by atoms with E-state index in [1.807, 2.05) is 6.08 Å². The van der Waals surface area contributed by atoms with Crippen molar-refractivity contribution in [1.82, 2.24) is 0 Å². The molecule has 1 rings (SSSR count). The third-order valence-corrected chi connectivity index (χ3v) is 1.42. The van der Waals surface area contributed by atoms with Gasteiger partial charge in [-0.1, -0.05) is 18.7 Å². The minimum atomic E-state index is 0.622. The first kappa shape index (κ1) is 5.69. The molecule has 0 amide bonds. The predicted octanol–water partition coefficient (Wildman–Crippen LogP) is 0.676. The highest BCUT2D eigenvalue weighted by molar-refractivity contribution is 7.97. The van der Waals surface area contributed by atoms with Gasteiger partial charge in [-0.25, -0.2) is 0 Å². The average molecular weight is 130 g/mol. The van der Waals surface area contributed by atoms with Crippen LogP contribution in [0, 0.1) is 0 Å². The van der Waals surface area contributed by atoms with Gasteiger partial charge < -0.3 is 0 Å². The van der Waals surface area contributed by atoms with Crippen LogP contribution in [0.5, 0.6) is 0 Å². The van der Waals surface area contributed by atoms with Crippen LogP contribution < -0.4 is 0 Å². The van der Waals surface area contributed by atoms with Crippen molar-refractivity contribution in [1.29, 1.82) is 0 Å². The normalized spacial score (nSPS) is 19.6. The Labute approximate surface area is 53.5 Å². The Morgan fingerprint density at radius 3 is 2.88 bits per heavy atom. The van der Waals surface area contributed by atoms with Gasteiger partial charge in [0.25, 0.3) is 5.04 Å². The number of thiol groups is 1. The highest BCUT2D eigenvalue weighted by Gasteiger charge is 2.08. The van der Waals surface area contributed by atoms with Crippen LogP contribution in [0.25, 0.3) is 0 Å². The topological polar surface area (TPSA) is 23.2 Å². The van der Waals surface area contributed by atoms with E-state index in [1.54, 1.807) is 6.08 Å². The molecule has 0 aromatic heterocycles. The number of hydrogen-bond donors (Lipinski definition) is 2. The summed E-state index contributed by atoms with van der Waals surface area (Å²) in [5.41, 5.74) is 0. The van der Waals surface area contributed by atoms with Crippen LogP contribution >= 0.6 is 12.6 Å². The smallest absolute Gasteiger partial charge is 0.281 e. The van der Waals surface area contributed by atoms with E-state index >= 15 is 0 Å². The lowest BCUT2D eigenvalue weighted by Gasteiger charge is -1.95. The molecule has 44 valence electrons. The monoisotopic (exact) mass is 130 g/mol. The van der Waals surface area contributed by atoms with E-state index in [1.165, 1.54) is 0 Å². The number of nitrogens with zero attached hydrogens (tertiary/aromatic N) is 1. The van der Waals surface area contributed by atoms with E-state index in [9.17, 15) is 0 Å². The summed E-state index contributed by atoms with van der Waals surface area (Å²) in [6.07, 6.45) is 4.67. The summed E-state index contributed by atoms with van der Waals surface area (Å²) in [6, 6.07) is 0. The second-order valence-electron chi connectivity index (χ2n) is 1.67. The molecule has 1 N–H and O–H groups in total. The van der Waals surface area contributed by atoms with Crippen LogP contribution in [-0.4, -0.2) is 21.5 Å². The molecular formula is C5H8NOS+. The molecule has 0 saturated heterocycles. The molecule has 0 spiro atoms. The Bertz CT molecular complexity index is 151. The van der Waals surface area contributed by atoms with Crippen molar-refractivity contribution in [3.63, 3.8) is 0 Å². The van der Waals surface area contributed by atoms with Gasteiger partial charge in [-0.2, -0.15) is 0 Å². The van der Waals surface area contributed by atoms with E-state index in [4.69, 9.17) is 5.21 Å². The first-order valence-electron chi connectivity index (χ1n) is 2.49. The first-order chi connectivity index (χ1) is 3.80. The molecule has 2 nitrogen and oxygen atoms in total. The van der Waals surface area contributed by atoms with Crippen LogP contribution in [0.1, 0.15) is 6.42 Å². The van der Waals surface area contributed by atoms with Gasteiger partial charge >= 0.3 is 0 Å². The molecule has 0 aromatic rings. The quantitative estimate of drug-likeness (QED) is 0.281. The Balaban J connectivity index is 2.76. The van der Waals surface area contributed by atoms with Crippen LogP contribution in [-0.2, 0) is 0 Å². The van der Waals surface area contributed by atoms with Gasteiger partial charge in [0, 0.05) is 12.5 Å². The van der Waals surface area contributed by atoms with Crippen LogP contribution in [0.2, 0.25) is 0 Å². The maximum absolute atomic E-state index is 8.85. The fourth-order valence-corrected chi connectivity index (χ4v) is 0.792. The molecule has 0 aliphatic carbocycles. The maximum Gasteiger partial charge on any atom is 0.281 e. The van der Waals surface area contributed by atoms with E-state index in [2.05, 4.69) is 12.6 Å². The zero-order valence-corrected chi connectivity index (χ0v) is 5.30. The van der Waals surface area contributed by atoms with Crippen LogP contribution in [0.3, 0.4) is 0 Å². The molecule has 0 bridgehead atoms. The SMILES string of the molecule is O[N+]1=C(S)C=CCC1. The van der Waals surface area contributed by atoms with E-state index in [-0.39, 0.29) is 0 Å². The Kier molecular flexibility index (Phi) is 1.58. The van der Waals surface area contributed by atoms with Crippen molar-refractivity contribution >= 4 is 17.7 Å². The van der Waals surface area contributed by atoms with Crippen molar-refractivity contribution in [2.45, 2.75) is 6.42 Å². The van der Waals surface area contributed by atoms with Crippen LogP contribution in [0.4, 0.5) is 0 Å². The molecule has 0 atom stereocenters. The molecule has 0 unspecified atom stereocenters. The molecular weight excluding hydrogens is 122 g/mol. The van der Waals surface area contributed by atoms with Gasteiger partial charge in [0.2, 0.25) is 0 Å². The van der Waals surface area contributed by atoms with E-state index in [0.29, 0.717) is 11.6 Å². The Hall–Kier alpha value is -0.440. The third-order valence-electron chi connectivity index (χ3n) is 1.04. The molecule has 0 aromatic carbocycles. The zero-order valence-electron chi connectivity index (χ0n) is 4.41. The lowest BCUT2D eigenvalue weighted by Crippen LogP contribution is -2.15. The lowest BCUT2D eigenvalue weighted by atomic mass is 10.3. The summed E-state index contributed by atoms with van der Waals surface area (Å²) >= 11 is 3.96. The van der Waals surface area contributed by atoms with Crippen LogP contribution in [0.15, 0.2) is 12.2 Å². The summed E-state index contributed by atoms with van der Waals surface area (Å²) in [5, 5.41) is 9.47. The fraction of sp³-hybridized carbons (Fsp3) is 0.400. The number of rotatable bonds is 0. The molecule has 1 aliphatic rings. The van der Waals surface area contributed by atoms with E-state index in [0.717, 1.165) is 11.2 Å². The van der Waals surface area contributed by atoms with Crippen molar-refractivity contribution < 1.29 is 9.95 Å². The minimum absolute atomic E-state index is 0.622. The van der Waals surface area contributed by atoms with Gasteiger partial charge in [-0.05, 0) is 4.74 Å². The molecule has 0 radical (unpaired) electrons. The summed E-state index contributed by atoms with van der Waals surface area (Å²) in [4.78, 5) is 0. The second kappa shape index (κ2) is 2.22. The molecule has 8 heavy (non-hydrogen) atoms. The maximum atomic E-state index is 8.85. The Morgan fingerprint density at radius 1 is 1.75 bits per heavy atom. The highest BCUT2D eigenvalue weighted by Crippen LogP contribution is 1.96. The van der Waals surface area contributed by atoms with Crippen molar-refractivity contribution in [3.05, 3.63) is 12.2 Å². The summed E-state index contributed by atoms with van der Waals surface area (Å²) < 4.78 is 1.13. The summed E-state index contributed by atoms with van der Waals surface area (Å²) in [6.45, 7) is 0.662. The van der Waals surface area contributed by atoms with Gasteiger partial charge in [-0.3, -0.25) is 5.21 Å². The minimum Gasteiger partial charge on any atom is -0.290 e.